The van der Waals surface area contributed by atoms with Crippen LogP contribution in [-0.4, -0.2) is 73.9 Å². The van der Waals surface area contributed by atoms with Crippen molar-refractivity contribution in [2.45, 2.75) is 46.6 Å². The molecule has 3 rings (SSSR count). The van der Waals surface area contributed by atoms with Crippen LogP contribution in [0.4, 0.5) is 5.69 Å². The fourth-order valence-corrected chi connectivity index (χ4v) is 4.73. The van der Waals surface area contributed by atoms with Crippen LogP contribution in [0.1, 0.15) is 72.0 Å². The molecule has 10 nitrogen and oxygen atoms in total. The van der Waals surface area contributed by atoms with Crippen LogP contribution in [0.5, 0.6) is 11.5 Å². The molecule has 40 heavy (non-hydrogen) atoms. The van der Waals surface area contributed by atoms with Gasteiger partial charge in [-0.05, 0) is 49.1 Å². The molecule has 0 fully saturated rings. The molecule has 1 aliphatic heterocycles. The summed E-state index contributed by atoms with van der Waals surface area (Å²) in [4.78, 5) is 41.0. The molecule has 1 amide bonds. The molecule has 2 aromatic rings. The number of hydrogen-bond acceptors (Lipinski definition) is 7. The van der Waals surface area contributed by atoms with Crippen molar-refractivity contribution in [1.82, 2.24) is 10.2 Å². The van der Waals surface area contributed by atoms with Crippen molar-refractivity contribution in [3.05, 3.63) is 52.1 Å². The topological polar surface area (TPSA) is 132 Å². The Kier molecular flexibility index (Phi) is 10.7. The summed E-state index contributed by atoms with van der Waals surface area (Å²) in [6.07, 6.45) is 0. The van der Waals surface area contributed by atoms with Crippen LogP contribution in [0.25, 0.3) is 0 Å². The molecule has 0 saturated heterocycles. The van der Waals surface area contributed by atoms with Gasteiger partial charge in [-0.25, -0.2) is 4.79 Å². The fourth-order valence-electron chi connectivity index (χ4n) is 4.73. The molecular weight excluding hydrogens is 580 g/mol. The number of carbonyl (C=O) groups is 3. The number of fused-ring (bicyclic) bond motifs is 1. The predicted octanol–water partition coefficient (Wildman–Crippen LogP) is 4.26. The Hall–Kier alpha value is -3.60. The zero-order valence-corrected chi connectivity index (χ0v) is 25.8. The van der Waals surface area contributed by atoms with Gasteiger partial charge in [0.2, 0.25) is 0 Å². The van der Waals surface area contributed by atoms with Gasteiger partial charge in [0, 0.05) is 43.4 Å². The summed E-state index contributed by atoms with van der Waals surface area (Å²) in [5, 5.41) is 20.6. The minimum Gasteiger partial charge on any atom is -0.496 e. The zero-order valence-electron chi connectivity index (χ0n) is 24.1. The van der Waals surface area contributed by atoms with Gasteiger partial charge in [-0.2, -0.15) is 0 Å². The van der Waals surface area contributed by atoms with Gasteiger partial charge < -0.3 is 29.7 Å². The average molecular weight is 620 g/mol. The van der Waals surface area contributed by atoms with Crippen LogP contribution in [0.2, 0.25) is 0 Å². The Morgan fingerprint density at radius 2 is 1.77 bits per heavy atom. The normalized spacial score (nSPS) is 12.4. The number of carboxylic acids is 1. The summed E-state index contributed by atoms with van der Waals surface area (Å²) in [5.41, 5.74) is 3.13. The number of amides is 1. The number of nitrogens with zero attached hydrogens (tertiary/aromatic N) is 2. The highest BCUT2D eigenvalue weighted by Gasteiger charge is 2.31. The third kappa shape index (κ3) is 6.75. The summed E-state index contributed by atoms with van der Waals surface area (Å²) < 4.78 is 11.2. The number of nitrogens with one attached hydrogen (secondary N) is 2. The van der Waals surface area contributed by atoms with Crippen LogP contribution >= 0.6 is 17.0 Å². The Bertz CT molecular complexity index is 1300. The van der Waals surface area contributed by atoms with Gasteiger partial charge in [0.1, 0.15) is 17.3 Å². The molecule has 0 bridgehead atoms. The van der Waals surface area contributed by atoms with E-state index in [1.165, 1.54) is 14.2 Å². The number of carbonyl (C=O) groups excluding carboxylic acids is 2. The van der Waals surface area contributed by atoms with Gasteiger partial charge in [0.15, 0.2) is 12.4 Å². The van der Waals surface area contributed by atoms with Crippen LogP contribution in [0.3, 0.4) is 0 Å². The number of aliphatic carboxylic acids is 1. The lowest BCUT2D eigenvalue weighted by Gasteiger charge is -2.30. The molecule has 0 unspecified atom stereocenters. The Balaban J connectivity index is 0.00000560. The second-order valence-corrected chi connectivity index (χ2v) is 10.4. The van der Waals surface area contributed by atoms with Crippen molar-refractivity contribution in [2.75, 3.05) is 45.3 Å². The number of carboxylic acid groups (broad SMARTS) is 1. The molecule has 1 heterocycles. The quantitative estimate of drug-likeness (QED) is 0.318. The largest absolute Gasteiger partial charge is 0.496 e. The molecule has 11 heteroatoms. The van der Waals surface area contributed by atoms with E-state index in [4.69, 9.17) is 14.9 Å². The van der Waals surface area contributed by atoms with Gasteiger partial charge in [0.05, 0.1) is 24.9 Å². The SMILES string of the molecule is Br.CCN(CC)c1cc(C(=O)CN2Cc3cc(OC)c(C(=O)NC)cc3C2=N)cc(C(C)(C)C)c1OCC(=O)O. The number of ether oxygens (including phenoxy) is 2. The van der Waals surface area contributed by atoms with E-state index in [0.29, 0.717) is 53.5 Å². The number of hydrogen-bond donors (Lipinski definition) is 3. The van der Waals surface area contributed by atoms with Gasteiger partial charge in [-0.3, -0.25) is 15.0 Å². The third-order valence-electron chi connectivity index (χ3n) is 6.81. The lowest BCUT2D eigenvalue weighted by molar-refractivity contribution is -0.139. The van der Waals surface area contributed by atoms with E-state index < -0.39 is 18.0 Å². The van der Waals surface area contributed by atoms with Crippen molar-refractivity contribution in [2.24, 2.45) is 0 Å². The molecule has 0 spiro atoms. The van der Waals surface area contributed by atoms with Gasteiger partial charge in [-0.1, -0.05) is 20.8 Å². The fraction of sp³-hybridized carbons (Fsp3) is 0.448. The first kappa shape index (κ1) is 32.6. The van der Waals surface area contributed by atoms with Gasteiger partial charge in [0.25, 0.3) is 5.91 Å². The number of anilines is 1. The molecule has 0 aromatic heterocycles. The first-order valence-corrected chi connectivity index (χ1v) is 12.9. The van der Waals surface area contributed by atoms with E-state index in [2.05, 4.69) is 5.32 Å². The molecule has 0 aliphatic carbocycles. The molecule has 3 N–H and O–H groups in total. The lowest BCUT2D eigenvalue weighted by Crippen LogP contribution is -2.31. The zero-order chi connectivity index (χ0) is 29.1. The Labute approximate surface area is 245 Å². The van der Waals surface area contributed by atoms with Gasteiger partial charge >= 0.3 is 5.97 Å². The number of benzene rings is 2. The third-order valence-corrected chi connectivity index (χ3v) is 6.81. The summed E-state index contributed by atoms with van der Waals surface area (Å²) in [6, 6.07) is 6.89. The second kappa shape index (κ2) is 13.2. The van der Waals surface area contributed by atoms with Crippen molar-refractivity contribution in [3.63, 3.8) is 0 Å². The summed E-state index contributed by atoms with van der Waals surface area (Å²) in [5.74, 6) is -0.558. The average Bonchev–Trinajstić information content (AvgIpc) is 3.19. The minimum atomic E-state index is -1.08. The molecule has 1 aliphatic rings. The highest BCUT2D eigenvalue weighted by Crippen LogP contribution is 2.41. The Morgan fingerprint density at radius 1 is 1.12 bits per heavy atom. The smallest absolute Gasteiger partial charge is 0.341 e. The maximum Gasteiger partial charge on any atom is 0.341 e. The number of methoxy groups -OCH3 is 1. The van der Waals surface area contributed by atoms with E-state index in [9.17, 15) is 19.5 Å². The minimum absolute atomic E-state index is 0. The molecular formula is C29H39BrN4O6. The highest BCUT2D eigenvalue weighted by molar-refractivity contribution is 8.93. The lowest BCUT2D eigenvalue weighted by atomic mass is 9.84. The van der Waals surface area contributed by atoms with Crippen LogP contribution < -0.4 is 19.7 Å². The first-order valence-electron chi connectivity index (χ1n) is 12.9. The molecule has 0 atom stereocenters. The van der Waals surface area contributed by atoms with E-state index in [1.807, 2.05) is 39.5 Å². The number of Topliss-reactive ketones (excluding diaryl/α,β-unsaturated/α-hetero) is 1. The number of rotatable bonds is 11. The second-order valence-electron chi connectivity index (χ2n) is 10.4. The molecule has 0 saturated carbocycles. The standard InChI is InChI=1S/C29H38N4O6.BrH/c1-8-32(9-2)22-11-17(10-21(29(3,4)5)26(22)39-16-25(35)36)23(34)15-33-14-18-12-24(38-7)20(28(37)31-6)13-19(18)27(33)30;/h10-13,30H,8-9,14-16H2,1-7H3,(H,31,37)(H,35,36);1H. The van der Waals surface area contributed by atoms with Gasteiger partial charge in [-0.15, -0.1) is 17.0 Å². The van der Waals surface area contributed by atoms with Crippen molar-refractivity contribution >= 4 is 46.2 Å². The summed E-state index contributed by atoms with van der Waals surface area (Å²) >= 11 is 0. The predicted molar refractivity (Wildman–Crippen MR) is 160 cm³/mol. The van der Waals surface area contributed by atoms with Crippen molar-refractivity contribution < 1.29 is 29.0 Å². The molecule has 218 valence electrons. The number of ketones is 1. The van der Waals surface area contributed by atoms with E-state index in [-0.39, 0.29) is 41.1 Å². The molecule has 2 aromatic carbocycles. The van der Waals surface area contributed by atoms with Crippen molar-refractivity contribution in [1.29, 1.82) is 5.41 Å². The molecule has 0 radical (unpaired) electrons. The van der Waals surface area contributed by atoms with E-state index in [1.54, 1.807) is 29.2 Å². The Morgan fingerprint density at radius 3 is 2.30 bits per heavy atom. The summed E-state index contributed by atoms with van der Waals surface area (Å²) in [7, 11) is 3.02. The maximum absolute atomic E-state index is 13.7. The van der Waals surface area contributed by atoms with Crippen LogP contribution in [0.15, 0.2) is 24.3 Å². The first-order chi connectivity index (χ1) is 18.4. The van der Waals surface area contributed by atoms with E-state index >= 15 is 0 Å². The summed E-state index contributed by atoms with van der Waals surface area (Å²) in [6.45, 7) is 11.0. The number of halogens is 1. The van der Waals surface area contributed by atoms with Crippen LogP contribution in [-0.2, 0) is 16.8 Å². The van der Waals surface area contributed by atoms with E-state index in [0.717, 1.165) is 11.1 Å². The highest BCUT2D eigenvalue weighted by atomic mass is 79.9. The maximum atomic E-state index is 13.7. The van der Waals surface area contributed by atoms with Crippen molar-refractivity contribution in [3.8, 4) is 11.5 Å². The van der Waals surface area contributed by atoms with Crippen LogP contribution in [0, 0.1) is 5.41 Å². The number of amidine groups is 1. The monoisotopic (exact) mass is 618 g/mol.